The second-order valence-corrected chi connectivity index (χ2v) is 5.46. The van der Waals surface area contributed by atoms with Crippen molar-refractivity contribution in [3.05, 3.63) is 29.8 Å². The number of anilines is 1. The van der Waals surface area contributed by atoms with Crippen molar-refractivity contribution in [1.29, 1.82) is 0 Å². The average molecular weight is 322 g/mol. The van der Waals surface area contributed by atoms with Gasteiger partial charge in [0.25, 0.3) is 5.91 Å². The van der Waals surface area contributed by atoms with Crippen molar-refractivity contribution in [2.75, 3.05) is 37.8 Å². The largest absolute Gasteiger partial charge is 0.391 e. The summed E-state index contributed by atoms with van der Waals surface area (Å²) in [7, 11) is 0. The standard InChI is InChI=1S/C16H22N2O5/c1-11(20)15(14(21)10-19)17-16(22)12-2-4-13(5-3-12)18-6-8-23-9-7-18/h2-5,11,15,19-20H,6-10H2,1H3,(H,17,22)/t11-,15+/m1/s1. The lowest BCUT2D eigenvalue weighted by Crippen LogP contribution is -2.48. The zero-order valence-corrected chi connectivity index (χ0v) is 13.1. The highest BCUT2D eigenvalue weighted by Gasteiger charge is 2.25. The first-order chi connectivity index (χ1) is 11.0. The Labute approximate surface area is 134 Å². The Morgan fingerprint density at radius 3 is 2.39 bits per heavy atom. The lowest BCUT2D eigenvalue weighted by molar-refractivity contribution is -0.125. The van der Waals surface area contributed by atoms with Crippen LogP contribution in [0.3, 0.4) is 0 Å². The van der Waals surface area contributed by atoms with Gasteiger partial charge in [0.15, 0.2) is 5.78 Å². The van der Waals surface area contributed by atoms with E-state index in [0.29, 0.717) is 18.8 Å². The molecule has 2 atom stereocenters. The van der Waals surface area contributed by atoms with Crippen molar-refractivity contribution >= 4 is 17.4 Å². The highest BCUT2D eigenvalue weighted by Crippen LogP contribution is 2.16. The Kier molecular flexibility index (Phi) is 6.09. The van der Waals surface area contributed by atoms with Gasteiger partial charge in [-0.3, -0.25) is 9.59 Å². The van der Waals surface area contributed by atoms with Crippen LogP contribution in [-0.4, -0.2) is 67.0 Å². The molecule has 0 saturated carbocycles. The molecular formula is C16H22N2O5. The Balaban J connectivity index is 2.03. The van der Waals surface area contributed by atoms with Crippen LogP contribution in [0.15, 0.2) is 24.3 Å². The van der Waals surface area contributed by atoms with Crippen LogP contribution in [0.25, 0.3) is 0 Å². The van der Waals surface area contributed by atoms with Crippen LogP contribution in [0.4, 0.5) is 5.69 Å². The molecule has 1 amide bonds. The molecule has 23 heavy (non-hydrogen) atoms. The smallest absolute Gasteiger partial charge is 0.251 e. The number of benzene rings is 1. The third-order valence-electron chi connectivity index (χ3n) is 3.78. The second-order valence-electron chi connectivity index (χ2n) is 5.46. The molecule has 1 aromatic carbocycles. The Morgan fingerprint density at radius 2 is 1.87 bits per heavy atom. The van der Waals surface area contributed by atoms with Gasteiger partial charge in [-0.15, -0.1) is 0 Å². The van der Waals surface area contributed by atoms with E-state index in [1.165, 1.54) is 6.92 Å². The molecule has 1 heterocycles. The number of carbonyl (C=O) groups is 2. The molecule has 0 aliphatic carbocycles. The van der Waals surface area contributed by atoms with Crippen LogP contribution in [0.5, 0.6) is 0 Å². The highest BCUT2D eigenvalue weighted by molar-refractivity contribution is 5.98. The summed E-state index contributed by atoms with van der Waals surface area (Å²) in [5, 5.41) is 20.9. The predicted molar refractivity (Wildman–Crippen MR) is 84.5 cm³/mol. The Bertz CT molecular complexity index is 538. The maximum Gasteiger partial charge on any atom is 0.251 e. The lowest BCUT2D eigenvalue weighted by atomic mass is 10.1. The molecule has 0 aromatic heterocycles. The maximum absolute atomic E-state index is 12.2. The van der Waals surface area contributed by atoms with Gasteiger partial charge in [0.05, 0.1) is 19.3 Å². The van der Waals surface area contributed by atoms with Crippen molar-refractivity contribution < 1.29 is 24.5 Å². The summed E-state index contributed by atoms with van der Waals surface area (Å²) < 4.78 is 5.30. The molecule has 1 aliphatic rings. The fourth-order valence-corrected chi connectivity index (χ4v) is 2.44. The quantitative estimate of drug-likeness (QED) is 0.657. The first kappa shape index (κ1) is 17.4. The molecular weight excluding hydrogens is 300 g/mol. The summed E-state index contributed by atoms with van der Waals surface area (Å²) in [5.74, 6) is -1.09. The van der Waals surface area contributed by atoms with Crippen LogP contribution in [0, 0.1) is 0 Å². The molecule has 7 nitrogen and oxygen atoms in total. The van der Waals surface area contributed by atoms with E-state index in [4.69, 9.17) is 9.84 Å². The van der Waals surface area contributed by atoms with Crippen LogP contribution in [-0.2, 0) is 9.53 Å². The fraction of sp³-hybridized carbons (Fsp3) is 0.500. The van der Waals surface area contributed by atoms with E-state index in [-0.39, 0.29) is 0 Å². The van der Waals surface area contributed by atoms with Crippen LogP contribution < -0.4 is 10.2 Å². The molecule has 1 aromatic rings. The number of hydrogen-bond acceptors (Lipinski definition) is 6. The van der Waals surface area contributed by atoms with Gasteiger partial charge < -0.3 is 25.2 Å². The van der Waals surface area contributed by atoms with E-state index < -0.39 is 30.4 Å². The molecule has 1 saturated heterocycles. The maximum atomic E-state index is 12.2. The average Bonchev–Trinajstić information content (AvgIpc) is 2.59. The topological polar surface area (TPSA) is 99.1 Å². The zero-order valence-electron chi connectivity index (χ0n) is 13.1. The number of rotatable bonds is 6. The van der Waals surface area contributed by atoms with Crippen molar-refractivity contribution in [3.8, 4) is 0 Å². The molecule has 2 rings (SSSR count). The van der Waals surface area contributed by atoms with Crippen molar-refractivity contribution in [2.24, 2.45) is 0 Å². The Hall–Kier alpha value is -1.96. The monoisotopic (exact) mass is 322 g/mol. The summed E-state index contributed by atoms with van der Waals surface area (Å²) in [6.07, 6.45) is -1.08. The number of nitrogens with zero attached hydrogens (tertiary/aromatic N) is 1. The molecule has 0 bridgehead atoms. The molecule has 3 N–H and O–H groups in total. The van der Waals surface area contributed by atoms with E-state index in [2.05, 4.69) is 10.2 Å². The number of hydrogen-bond donors (Lipinski definition) is 3. The number of aliphatic hydroxyl groups excluding tert-OH is 2. The molecule has 1 aliphatic heterocycles. The van der Waals surface area contributed by atoms with E-state index in [1.54, 1.807) is 12.1 Å². The van der Waals surface area contributed by atoms with Gasteiger partial charge in [-0.2, -0.15) is 0 Å². The summed E-state index contributed by atoms with van der Waals surface area (Å²) in [4.78, 5) is 25.9. The molecule has 0 radical (unpaired) electrons. The molecule has 0 spiro atoms. The molecule has 126 valence electrons. The number of morpholine rings is 1. The van der Waals surface area contributed by atoms with Gasteiger partial charge in [0.1, 0.15) is 12.6 Å². The minimum absolute atomic E-state index is 0.387. The third kappa shape index (κ3) is 4.51. The SMILES string of the molecule is C[C@@H](O)[C@H](NC(=O)c1ccc(N2CCOCC2)cc1)C(=O)CO. The van der Waals surface area contributed by atoms with Crippen molar-refractivity contribution in [2.45, 2.75) is 19.1 Å². The van der Waals surface area contributed by atoms with Gasteiger partial charge in [-0.05, 0) is 31.2 Å². The third-order valence-corrected chi connectivity index (χ3v) is 3.78. The molecule has 1 fully saturated rings. The number of nitrogens with one attached hydrogen (secondary N) is 1. The summed E-state index contributed by atoms with van der Waals surface area (Å²) in [5.41, 5.74) is 1.39. The summed E-state index contributed by atoms with van der Waals surface area (Å²) in [6.45, 7) is 3.64. The van der Waals surface area contributed by atoms with E-state index in [9.17, 15) is 14.7 Å². The first-order valence-electron chi connectivity index (χ1n) is 7.58. The van der Waals surface area contributed by atoms with Gasteiger partial charge in [0, 0.05) is 24.3 Å². The lowest BCUT2D eigenvalue weighted by Gasteiger charge is -2.29. The van der Waals surface area contributed by atoms with Crippen LogP contribution in [0.1, 0.15) is 17.3 Å². The van der Waals surface area contributed by atoms with E-state index in [1.807, 2.05) is 12.1 Å². The van der Waals surface area contributed by atoms with Gasteiger partial charge in [0.2, 0.25) is 0 Å². The van der Waals surface area contributed by atoms with Crippen LogP contribution in [0.2, 0.25) is 0 Å². The van der Waals surface area contributed by atoms with E-state index in [0.717, 1.165) is 18.8 Å². The predicted octanol–water partition coefficient (Wildman–Crippen LogP) is -0.436. The molecule has 0 unspecified atom stereocenters. The highest BCUT2D eigenvalue weighted by atomic mass is 16.5. The minimum atomic E-state index is -1.12. The van der Waals surface area contributed by atoms with Crippen molar-refractivity contribution in [1.82, 2.24) is 5.32 Å². The summed E-state index contributed by atoms with van der Waals surface area (Å²) in [6, 6.07) is 5.90. The minimum Gasteiger partial charge on any atom is -0.391 e. The normalized spacial score (nSPS) is 17.4. The number of amides is 1. The van der Waals surface area contributed by atoms with Crippen molar-refractivity contribution in [3.63, 3.8) is 0 Å². The first-order valence-corrected chi connectivity index (χ1v) is 7.58. The number of carbonyl (C=O) groups excluding carboxylic acids is 2. The van der Waals surface area contributed by atoms with Gasteiger partial charge in [-0.25, -0.2) is 0 Å². The number of Topliss-reactive ketones (excluding diaryl/α,β-unsaturated/α-hetero) is 1. The van der Waals surface area contributed by atoms with Gasteiger partial charge in [-0.1, -0.05) is 0 Å². The van der Waals surface area contributed by atoms with Crippen LogP contribution >= 0.6 is 0 Å². The zero-order chi connectivity index (χ0) is 16.8. The number of ketones is 1. The summed E-state index contributed by atoms with van der Waals surface area (Å²) >= 11 is 0. The number of ether oxygens (including phenoxy) is 1. The second kappa shape index (κ2) is 8.05. The van der Waals surface area contributed by atoms with Gasteiger partial charge >= 0.3 is 0 Å². The number of aliphatic hydroxyl groups is 2. The molecule has 7 heteroatoms. The van der Waals surface area contributed by atoms with E-state index >= 15 is 0 Å². The fourth-order valence-electron chi connectivity index (χ4n) is 2.44. The Morgan fingerprint density at radius 1 is 1.26 bits per heavy atom.